The summed E-state index contributed by atoms with van der Waals surface area (Å²) in [4.78, 5) is 5.14. The molecule has 2 aliphatic heterocycles. The summed E-state index contributed by atoms with van der Waals surface area (Å²) in [6, 6.07) is 28.1. The van der Waals surface area contributed by atoms with Crippen LogP contribution >= 0.6 is 0 Å². The molecule has 2 aromatic carbocycles. The predicted molar refractivity (Wildman–Crippen MR) is 215 cm³/mol. The maximum atomic E-state index is 5.14. The number of nitrogens with zero attached hydrogens (tertiary/aromatic N) is 3. The number of pyridine rings is 3. The van der Waals surface area contributed by atoms with E-state index in [4.69, 9.17) is 11.6 Å². The van der Waals surface area contributed by atoms with Crippen LogP contribution < -0.4 is 14.3 Å². The van der Waals surface area contributed by atoms with Crippen LogP contribution in [0.3, 0.4) is 0 Å². The first-order valence-electron chi connectivity index (χ1n) is 19.5. The van der Waals surface area contributed by atoms with Crippen LogP contribution in [0.4, 0.5) is 0 Å². The molecule has 3 nitrogen and oxygen atoms in total. The van der Waals surface area contributed by atoms with Crippen LogP contribution in [0, 0.1) is 12.8 Å². The van der Waals surface area contributed by atoms with E-state index in [0.717, 1.165) is 30.9 Å². The molecule has 0 amide bonds. The monoisotopic (exact) mass is 689 g/mol. The summed E-state index contributed by atoms with van der Waals surface area (Å²) in [5.41, 5.74) is 15.8. The molecule has 2 atom stereocenters. The molecule has 3 aliphatic rings. The van der Waals surface area contributed by atoms with Crippen LogP contribution in [0.15, 0.2) is 98.0 Å². The maximum Gasteiger partial charge on any atom is 0.231 e. The first-order chi connectivity index (χ1) is 24.6. The summed E-state index contributed by atoms with van der Waals surface area (Å²) in [6.07, 6.45) is 16.7. The smallest absolute Gasteiger partial charge is 0.231 e. The van der Waals surface area contributed by atoms with Gasteiger partial charge >= 0.3 is 0 Å². The number of aryl methyl sites for hydroxylation is 2. The second kappa shape index (κ2) is 13.4. The Labute approximate surface area is 307 Å². The Balaban J connectivity index is 1.29. The molecule has 260 valence electrons. The zero-order valence-corrected chi connectivity index (χ0v) is 32.7. The number of fused-ring (bicyclic) bond motifs is 9. The average Bonchev–Trinajstić information content (AvgIpc) is 3.64. The highest BCUT2D eigenvalue weighted by Crippen LogP contribution is 2.44. The van der Waals surface area contributed by atoms with Crippen molar-refractivity contribution in [1.29, 1.82) is 0 Å². The summed E-state index contributed by atoms with van der Waals surface area (Å²) >= 11 is 0. The molecular formula is C47H55N3Si+2. The Morgan fingerprint density at radius 2 is 1.63 bits per heavy atom. The number of hydrogen-bond donors (Lipinski definition) is 0. The quantitative estimate of drug-likeness (QED) is 0.133. The lowest BCUT2D eigenvalue weighted by Crippen LogP contribution is -2.55. The fourth-order valence-electron chi connectivity index (χ4n) is 9.48. The van der Waals surface area contributed by atoms with Crippen LogP contribution in [0.5, 0.6) is 0 Å². The van der Waals surface area contributed by atoms with Gasteiger partial charge in [-0.25, -0.2) is 4.98 Å². The van der Waals surface area contributed by atoms with E-state index < -0.39 is 8.07 Å². The van der Waals surface area contributed by atoms with Crippen molar-refractivity contribution in [2.45, 2.75) is 110 Å². The van der Waals surface area contributed by atoms with Gasteiger partial charge < -0.3 is 0 Å². The molecular weight excluding hydrogens is 635 g/mol. The van der Waals surface area contributed by atoms with Crippen molar-refractivity contribution in [3.8, 4) is 33.8 Å². The first kappa shape index (κ1) is 34.0. The van der Waals surface area contributed by atoms with E-state index in [-0.39, 0.29) is 6.04 Å². The molecule has 0 saturated heterocycles. The van der Waals surface area contributed by atoms with E-state index in [1.165, 1.54) is 88.1 Å². The Bertz CT molecular complexity index is 2110. The van der Waals surface area contributed by atoms with Crippen molar-refractivity contribution in [2.24, 2.45) is 5.92 Å². The van der Waals surface area contributed by atoms with Gasteiger partial charge in [0, 0.05) is 40.6 Å². The number of rotatable bonds is 5. The normalized spacial score (nSPS) is 18.8. The number of allylic oxidation sites excluding steroid dienone is 1. The van der Waals surface area contributed by atoms with Gasteiger partial charge in [0.2, 0.25) is 11.4 Å². The fourth-order valence-corrected chi connectivity index (χ4v) is 11.1. The third kappa shape index (κ3) is 6.35. The van der Waals surface area contributed by atoms with Crippen LogP contribution in [-0.4, -0.2) is 13.1 Å². The minimum atomic E-state index is -1.64. The molecule has 2 unspecified atom stereocenters. The molecule has 0 bridgehead atoms. The van der Waals surface area contributed by atoms with E-state index in [9.17, 15) is 0 Å². The molecule has 1 saturated carbocycles. The average molecular weight is 690 g/mol. The molecule has 4 heteroatoms. The summed E-state index contributed by atoms with van der Waals surface area (Å²) in [7, 11) is -1.64. The van der Waals surface area contributed by atoms with Crippen molar-refractivity contribution in [2.75, 3.05) is 0 Å². The second-order valence-electron chi connectivity index (χ2n) is 17.1. The first-order valence-corrected chi connectivity index (χ1v) is 23.0. The van der Waals surface area contributed by atoms with E-state index in [1.54, 1.807) is 10.8 Å². The molecule has 1 fully saturated rings. The Hall–Kier alpha value is -4.15. The number of benzene rings is 2. The highest BCUT2D eigenvalue weighted by Gasteiger charge is 2.44. The molecule has 8 rings (SSSR count). The standard InChI is InChI=1S/C47H55N3Si/c1-31(2)35-18-20-37(21-19-35)42-28-44-39-16-11-10-15-36(39)22-23-40-41-17-12-24-48-47(41)45-27-38(26-34-13-8-9-14-34)46(51(5,6)7)30-50(45)43(40)25-33(4)49(44)29-32(42)3/h10-12,15-21,24,27-31,34,40,43H,4,8-9,13-14,22-23,25-26H2,1-3,5-7H3/q+2. The SMILES string of the molecule is C=C1CC2C(CCc3ccccc3-c3cc(-c4ccc(C(C)C)cc4)c(C)c[n+]31)c1cccnc1-c1cc(CC3CCCC3)c([Si](C)(C)C)c[n+]12. The van der Waals surface area contributed by atoms with Crippen molar-refractivity contribution in [3.05, 3.63) is 126 Å². The minimum Gasteiger partial charge on any atom is -0.250 e. The molecule has 5 aromatic rings. The van der Waals surface area contributed by atoms with Gasteiger partial charge in [-0.1, -0.05) is 108 Å². The van der Waals surface area contributed by atoms with Gasteiger partial charge in [0.1, 0.15) is 5.69 Å². The number of aromatic nitrogens is 3. The van der Waals surface area contributed by atoms with E-state index in [0.29, 0.717) is 11.8 Å². The van der Waals surface area contributed by atoms with Crippen LogP contribution in [0.1, 0.15) is 98.1 Å². The Morgan fingerprint density at radius 3 is 2.37 bits per heavy atom. The molecule has 51 heavy (non-hydrogen) atoms. The lowest BCUT2D eigenvalue weighted by molar-refractivity contribution is -0.719. The van der Waals surface area contributed by atoms with Gasteiger partial charge in [-0.2, -0.15) is 9.13 Å². The Kier molecular flexibility index (Phi) is 8.95. The zero-order valence-electron chi connectivity index (χ0n) is 31.7. The van der Waals surface area contributed by atoms with E-state index >= 15 is 0 Å². The molecule has 0 N–H and O–H groups in total. The third-order valence-corrected chi connectivity index (χ3v) is 14.3. The molecule has 5 heterocycles. The second-order valence-corrected chi connectivity index (χ2v) is 22.1. The van der Waals surface area contributed by atoms with Crippen molar-refractivity contribution in [3.63, 3.8) is 0 Å². The molecule has 3 aromatic heterocycles. The maximum absolute atomic E-state index is 5.14. The minimum absolute atomic E-state index is 0.258. The number of hydrogen-bond acceptors (Lipinski definition) is 1. The highest BCUT2D eigenvalue weighted by molar-refractivity contribution is 6.89. The third-order valence-electron chi connectivity index (χ3n) is 12.3. The molecule has 0 radical (unpaired) electrons. The van der Waals surface area contributed by atoms with Gasteiger partial charge in [0.05, 0.1) is 14.5 Å². The van der Waals surface area contributed by atoms with Crippen LogP contribution in [-0.2, 0) is 12.8 Å². The van der Waals surface area contributed by atoms with Gasteiger partial charge in [-0.3, -0.25) is 0 Å². The van der Waals surface area contributed by atoms with Crippen molar-refractivity contribution in [1.82, 2.24) is 4.98 Å². The van der Waals surface area contributed by atoms with Crippen molar-refractivity contribution < 1.29 is 9.13 Å². The van der Waals surface area contributed by atoms with Gasteiger partial charge in [0.25, 0.3) is 0 Å². The largest absolute Gasteiger partial charge is 0.250 e. The summed E-state index contributed by atoms with van der Waals surface area (Å²) in [5, 5.41) is 1.63. The van der Waals surface area contributed by atoms with E-state index in [2.05, 4.69) is 135 Å². The zero-order chi connectivity index (χ0) is 35.4. The lowest BCUT2D eigenvalue weighted by atomic mass is 9.78. The highest BCUT2D eigenvalue weighted by atomic mass is 28.3. The Morgan fingerprint density at radius 1 is 0.863 bits per heavy atom. The fraction of sp³-hybridized carbons (Fsp3) is 0.383. The van der Waals surface area contributed by atoms with E-state index in [1.807, 2.05) is 6.20 Å². The predicted octanol–water partition coefficient (Wildman–Crippen LogP) is 10.5. The topological polar surface area (TPSA) is 20.6 Å². The van der Waals surface area contributed by atoms with Gasteiger partial charge in [-0.05, 0) is 90.1 Å². The van der Waals surface area contributed by atoms with Gasteiger partial charge in [0.15, 0.2) is 24.1 Å². The summed E-state index contributed by atoms with van der Waals surface area (Å²) in [5.74, 6) is 1.67. The summed E-state index contributed by atoms with van der Waals surface area (Å²) in [6.45, 7) is 19.3. The molecule has 0 spiro atoms. The molecule has 1 aliphatic carbocycles. The van der Waals surface area contributed by atoms with Crippen molar-refractivity contribution >= 4 is 19.0 Å². The van der Waals surface area contributed by atoms with Gasteiger partial charge in [-0.15, -0.1) is 0 Å². The summed E-state index contributed by atoms with van der Waals surface area (Å²) < 4.78 is 5.09. The van der Waals surface area contributed by atoms with Crippen LogP contribution in [0.2, 0.25) is 19.6 Å². The van der Waals surface area contributed by atoms with Crippen LogP contribution in [0.25, 0.3) is 39.5 Å². The lowest BCUT2D eigenvalue weighted by Gasteiger charge is -2.32.